The maximum absolute atomic E-state index is 8.69. The molecular formula is C14H24N2. The highest BCUT2D eigenvalue weighted by molar-refractivity contribution is 4.91. The lowest BCUT2D eigenvalue weighted by Crippen LogP contribution is -2.37. The van der Waals surface area contributed by atoms with Gasteiger partial charge in [-0.05, 0) is 50.9 Å². The third kappa shape index (κ3) is 2.58. The van der Waals surface area contributed by atoms with Crippen molar-refractivity contribution in [2.24, 2.45) is 17.8 Å². The van der Waals surface area contributed by atoms with Gasteiger partial charge in [-0.15, -0.1) is 0 Å². The smallest absolute Gasteiger partial charge is 0.0635 e. The van der Waals surface area contributed by atoms with Crippen LogP contribution >= 0.6 is 0 Å². The van der Waals surface area contributed by atoms with E-state index < -0.39 is 0 Å². The molecule has 2 nitrogen and oxygen atoms in total. The molecule has 0 aromatic rings. The van der Waals surface area contributed by atoms with Gasteiger partial charge in [0.15, 0.2) is 0 Å². The monoisotopic (exact) mass is 220 g/mol. The Morgan fingerprint density at radius 1 is 1.31 bits per heavy atom. The van der Waals surface area contributed by atoms with Crippen LogP contribution in [-0.4, -0.2) is 24.0 Å². The van der Waals surface area contributed by atoms with E-state index >= 15 is 0 Å². The molecule has 0 aliphatic heterocycles. The van der Waals surface area contributed by atoms with Gasteiger partial charge in [0.25, 0.3) is 0 Å². The van der Waals surface area contributed by atoms with Crippen LogP contribution in [0.4, 0.5) is 0 Å². The van der Waals surface area contributed by atoms with Crippen LogP contribution in [0.15, 0.2) is 0 Å². The lowest BCUT2D eigenvalue weighted by Gasteiger charge is -2.32. The Morgan fingerprint density at radius 2 is 2.12 bits per heavy atom. The zero-order valence-corrected chi connectivity index (χ0v) is 10.7. The quantitative estimate of drug-likeness (QED) is 0.712. The third-order valence-electron chi connectivity index (χ3n) is 4.59. The minimum atomic E-state index is 0.590. The molecule has 0 spiro atoms. The van der Waals surface area contributed by atoms with Crippen molar-refractivity contribution in [3.8, 4) is 6.07 Å². The van der Waals surface area contributed by atoms with Gasteiger partial charge >= 0.3 is 0 Å². The van der Waals surface area contributed by atoms with E-state index in [9.17, 15) is 0 Å². The molecule has 2 bridgehead atoms. The second-order valence-electron chi connectivity index (χ2n) is 5.93. The molecule has 0 saturated heterocycles. The second-order valence-corrected chi connectivity index (χ2v) is 5.93. The maximum atomic E-state index is 8.69. The van der Waals surface area contributed by atoms with Crippen LogP contribution in [0.25, 0.3) is 0 Å². The molecule has 2 aliphatic carbocycles. The van der Waals surface area contributed by atoms with Crippen molar-refractivity contribution >= 4 is 0 Å². The molecule has 16 heavy (non-hydrogen) atoms. The predicted octanol–water partition coefficient (Wildman–Crippen LogP) is 3.05. The standard InChI is InChI=1S/C14H24N2/c1-11(2)16(7-3-6-15)10-14-9-12-4-5-13(14)8-12/h11-14H,3-5,7-10H2,1-2H3. The second kappa shape index (κ2) is 5.19. The molecule has 2 heteroatoms. The summed E-state index contributed by atoms with van der Waals surface area (Å²) in [6.07, 6.45) is 6.59. The van der Waals surface area contributed by atoms with E-state index in [0.717, 1.165) is 24.3 Å². The molecule has 2 aliphatic rings. The van der Waals surface area contributed by atoms with Gasteiger partial charge in [0, 0.05) is 25.6 Å². The van der Waals surface area contributed by atoms with Crippen LogP contribution in [-0.2, 0) is 0 Å². The average Bonchev–Trinajstić information content (AvgIpc) is 2.85. The van der Waals surface area contributed by atoms with Crippen LogP contribution in [0.3, 0.4) is 0 Å². The van der Waals surface area contributed by atoms with Crippen LogP contribution < -0.4 is 0 Å². The molecule has 2 fully saturated rings. The van der Waals surface area contributed by atoms with Gasteiger partial charge in [0.05, 0.1) is 6.07 Å². The third-order valence-corrected chi connectivity index (χ3v) is 4.59. The predicted molar refractivity (Wildman–Crippen MR) is 65.9 cm³/mol. The highest BCUT2D eigenvalue weighted by Crippen LogP contribution is 2.48. The van der Waals surface area contributed by atoms with E-state index in [-0.39, 0.29) is 0 Å². The van der Waals surface area contributed by atoms with Crippen molar-refractivity contribution in [3.05, 3.63) is 0 Å². The van der Waals surface area contributed by atoms with Crippen molar-refractivity contribution in [3.63, 3.8) is 0 Å². The number of fused-ring (bicyclic) bond motifs is 2. The number of nitriles is 1. The lowest BCUT2D eigenvalue weighted by atomic mass is 9.88. The van der Waals surface area contributed by atoms with Gasteiger partial charge in [-0.1, -0.05) is 6.42 Å². The fourth-order valence-electron chi connectivity index (χ4n) is 3.66. The van der Waals surface area contributed by atoms with Gasteiger partial charge in [-0.3, -0.25) is 4.90 Å². The Kier molecular flexibility index (Phi) is 3.86. The number of nitrogens with zero attached hydrogens (tertiary/aromatic N) is 2. The topological polar surface area (TPSA) is 27.0 Å². The van der Waals surface area contributed by atoms with E-state index in [1.807, 2.05) is 0 Å². The largest absolute Gasteiger partial charge is 0.300 e. The molecule has 2 rings (SSSR count). The van der Waals surface area contributed by atoms with Crippen molar-refractivity contribution in [1.29, 1.82) is 5.26 Å². The van der Waals surface area contributed by atoms with Gasteiger partial charge in [-0.25, -0.2) is 0 Å². The fourth-order valence-corrected chi connectivity index (χ4v) is 3.66. The highest BCUT2D eigenvalue weighted by atomic mass is 15.1. The zero-order chi connectivity index (χ0) is 11.5. The molecule has 0 radical (unpaired) electrons. The van der Waals surface area contributed by atoms with Gasteiger partial charge in [0.2, 0.25) is 0 Å². The van der Waals surface area contributed by atoms with E-state index in [1.165, 1.54) is 32.2 Å². The Morgan fingerprint density at radius 3 is 2.62 bits per heavy atom. The van der Waals surface area contributed by atoms with E-state index in [1.54, 1.807) is 0 Å². The zero-order valence-electron chi connectivity index (χ0n) is 10.7. The SMILES string of the molecule is CC(C)N(CCC#N)CC1CC2CCC1C2. The number of hydrogen-bond acceptors (Lipinski definition) is 2. The molecule has 3 atom stereocenters. The Balaban J connectivity index is 1.83. The highest BCUT2D eigenvalue weighted by Gasteiger charge is 2.39. The van der Waals surface area contributed by atoms with Gasteiger partial charge < -0.3 is 0 Å². The van der Waals surface area contributed by atoms with Crippen LogP contribution in [0.1, 0.15) is 46.0 Å². The minimum Gasteiger partial charge on any atom is -0.300 e. The van der Waals surface area contributed by atoms with Crippen LogP contribution in [0.2, 0.25) is 0 Å². The van der Waals surface area contributed by atoms with E-state index in [4.69, 9.17) is 5.26 Å². The molecule has 2 saturated carbocycles. The normalized spacial score (nSPS) is 32.6. The summed E-state index contributed by atoms with van der Waals surface area (Å²) >= 11 is 0. The lowest BCUT2D eigenvalue weighted by molar-refractivity contribution is 0.160. The molecule has 0 amide bonds. The first-order valence-electron chi connectivity index (χ1n) is 6.81. The van der Waals surface area contributed by atoms with Crippen LogP contribution in [0, 0.1) is 29.1 Å². The summed E-state index contributed by atoms with van der Waals surface area (Å²) < 4.78 is 0. The fraction of sp³-hybridized carbons (Fsp3) is 0.929. The van der Waals surface area contributed by atoms with Crippen molar-refractivity contribution < 1.29 is 0 Å². The van der Waals surface area contributed by atoms with Crippen LogP contribution in [0.5, 0.6) is 0 Å². The molecule has 0 aromatic heterocycles. The van der Waals surface area contributed by atoms with E-state index in [2.05, 4.69) is 24.8 Å². The minimum absolute atomic E-state index is 0.590. The summed E-state index contributed by atoms with van der Waals surface area (Å²) in [7, 11) is 0. The van der Waals surface area contributed by atoms with E-state index in [0.29, 0.717) is 12.5 Å². The Bertz CT molecular complexity index is 266. The number of rotatable bonds is 5. The average molecular weight is 220 g/mol. The maximum Gasteiger partial charge on any atom is 0.0635 e. The van der Waals surface area contributed by atoms with Crippen molar-refractivity contribution in [2.75, 3.05) is 13.1 Å². The van der Waals surface area contributed by atoms with Crippen molar-refractivity contribution in [2.45, 2.75) is 52.0 Å². The van der Waals surface area contributed by atoms with Crippen molar-refractivity contribution in [1.82, 2.24) is 4.90 Å². The summed E-state index contributed by atoms with van der Waals surface area (Å²) in [6.45, 7) is 6.71. The first kappa shape index (κ1) is 11.9. The molecule has 0 aromatic carbocycles. The molecular weight excluding hydrogens is 196 g/mol. The first-order valence-corrected chi connectivity index (χ1v) is 6.81. The summed E-state index contributed by atoms with van der Waals surface area (Å²) in [6, 6.07) is 2.86. The van der Waals surface area contributed by atoms with Gasteiger partial charge in [-0.2, -0.15) is 5.26 Å². The summed E-state index contributed by atoms with van der Waals surface area (Å²) in [5, 5.41) is 8.69. The molecule has 0 heterocycles. The Labute approximate surface area is 99.6 Å². The molecule has 90 valence electrons. The summed E-state index contributed by atoms with van der Waals surface area (Å²) in [4.78, 5) is 2.51. The Hall–Kier alpha value is -0.550. The number of hydrogen-bond donors (Lipinski definition) is 0. The molecule has 0 N–H and O–H groups in total. The van der Waals surface area contributed by atoms with Gasteiger partial charge in [0.1, 0.15) is 0 Å². The first-order chi connectivity index (χ1) is 7.70. The molecule has 3 unspecified atom stereocenters. The summed E-state index contributed by atoms with van der Waals surface area (Å²) in [5.41, 5.74) is 0. The summed E-state index contributed by atoms with van der Waals surface area (Å²) in [5.74, 6) is 2.98.